The first-order valence-corrected chi connectivity index (χ1v) is 9.92. The van der Waals surface area contributed by atoms with Gasteiger partial charge < -0.3 is 24.6 Å². The third-order valence-electron chi connectivity index (χ3n) is 6.34. The third kappa shape index (κ3) is 2.80. The first-order valence-electron chi connectivity index (χ1n) is 9.92. The molecule has 0 aliphatic carbocycles. The van der Waals surface area contributed by atoms with E-state index >= 15 is 0 Å². The molecule has 0 radical (unpaired) electrons. The van der Waals surface area contributed by atoms with E-state index in [4.69, 9.17) is 9.47 Å². The summed E-state index contributed by atoms with van der Waals surface area (Å²) in [6.45, 7) is 6.03. The molecule has 1 amide bonds. The van der Waals surface area contributed by atoms with Crippen LogP contribution in [-0.2, 0) is 16.0 Å². The molecule has 1 atom stereocenters. The van der Waals surface area contributed by atoms with Crippen molar-refractivity contribution < 1.29 is 14.3 Å². The van der Waals surface area contributed by atoms with Crippen molar-refractivity contribution in [2.45, 2.75) is 44.1 Å². The van der Waals surface area contributed by atoms with Crippen molar-refractivity contribution in [3.8, 4) is 0 Å². The molecule has 4 aliphatic rings. The second-order valence-corrected chi connectivity index (χ2v) is 7.87. The van der Waals surface area contributed by atoms with Crippen LogP contribution in [0.15, 0.2) is 18.2 Å². The van der Waals surface area contributed by atoms with Crippen LogP contribution in [0.25, 0.3) is 0 Å². The van der Waals surface area contributed by atoms with Crippen molar-refractivity contribution in [1.29, 1.82) is 0 Å². The van der Waals surface area contributed by atoms with Gasteiger partial charge in [-0.25, -0.2) is 0 Å². The molecule has 26 heavy (non-hydrogen) atoms. The predicted molar refractivity (Wildman–Crippen MR) is 98.3 cm³/mol. The van der Waals surface area contributed by atoms with Gasteiger partial charge in [-0.05, 0) is 43.1 Å². The topological polar surface area (TPSA) is 54.0 Å². The van der Waals surface area contributed by atoms with E-state index in [2.05, 4.69) is 27.2 Å². The van der Waals surface area contributed by atoms with E-state index in [-0.39, 0.29) is 11.7 Å². The van der Waals surface area contributed by atoms with Gasteiger partial charge in [-0.1, -0.05) is 0 Å². The van der Waals surface area contributed by atoms with Gasteiger partial charge in [0, 0.05) is 56.3 Å². The number of fused-ring (bicyclic) bond motifs is 1. The molecule has 5 rings (SSSR count). The van der Waals surface area contributed by atoms with Crippen molar-refractivity contribution in [3.63, 3.8) is 0 Å². The molecule has 3 saturated heterocycles. The lowest BCUT2D eigenvalue weighted by atomic mass is 10.0. The van der Waals surface area contributed by atoms with Crippen LogP contribution in [0.2, 0.25) is 0 Å². The number of carbonyl (C=O) groups is 1. The van der Waals surface area contributed by atoms with E-state index in [1.807, 2.05) is 6.07 Å². The lowest BCUT2D eigenvalue weighted by molar-refractivity contribution is -0.169. The lowest BCUT2D eigenvalue weighted by Gasteiger charge is -2.38. The quantitative estimate of drug-likeness (QED) is 0.874. The molecule has 1 N–H and O–H groups in total. The molecule has 6 heteroatoms. The molecular formula is C20H27N3O3. The Morgan fingerprint density at radius 3 is 2.69 bits per heavy atom. The molecule has 0 saturated carbocycles. The molecule has 4 aliphatic heterocycles. The van der Waals surface area contributed by atoms with Crippen molar-refractivity contribution in [3.05, 3.63) is 29.3 Å². The maximum Gasteiger partial charge on any atom is 0.254 e. The van der Waals surface area contributed by atoms with Crippen LogP contribution in [0.4, 0.5) is 5.69 Å². The van der Waals surface area contributed by atoms with Crippen LogP contribution >= 0.6 is 0 Å². The smallest absolute Gasteiger partial charge is 0.254 e. The second kappa shape index (κ2) is 6.51. The fraction of sp³-hybridized carbons (Fsp3) is 0.650. The fourth-order valence-corrected chi connectivity index (χ4v) is 4.81. The van der Waals surface area contributed by atoms with Crippen molar-refractivity contribution in [2.75, 3.05) is 44.3 Å². The number of anilines is 1. The largest absolute Gasteiger partial charge is 0.371 e. The summed E-state index contributed by atoms with van der Waals surface area (Å²) in [5.41, 5.74) is 3.27. The monoisotopic (exact) mass is 357 g/mol. The van der Waals surface area contributed by atoms with Crippen LogP contribution in [-0.4, -0.2) is 62.0 Å². The van der Waals surface area contributed by atoms with E-state index in [0.717, 1.165) is 64.0 Å². The number of nitrogens with zero attached hydrogens (tertiary/aromatic N) is 2. The molecule has 0 aromatic heterocycles. The summed E-state index contributed by atoms with van der Waals surface area (Å²) in [5, 5.41) is 3.42. The van der Waals surface area contributed by atoms with E-state index in [0.29, 0.717) is 19.3 Å². The molecular weight excluding hydrogens is 330 g/mol. The van der Waals surface area contributed by atoms with Crippen LogP contribution in [0.3, 0.4) is 0 Å². The van der Waals surface area contributed by atoms with Crippen molar-refractivity contribution in [2.24, 2.45) is 0 Å². The van der Waals surface area contributed by atoms with Gasteiger partial charge in [0.05, 0.1) is 13.2 Å². The Morgan fingerprint density at radius 2 is 1.96 bits per heavy atom. The lowest BCUT2D eigenvalue weighted by Crippen LogP contribution is -2.46. The number of nitrogens with one attached hydrogen (secondary N) is 1. The Kier molecular flexibility index (Phi) is 4.14. The summed E-state index contributed by atoms with van der Waals surface area (Å²) >= 11 is 0. The van der Waals surface area contributed by atoms with Crippen LogP contribution in [0.5, 0.6) is 0 Å². The molecule has 140 valence electrons. The normalized spacial score (nSPS) is 28.0. The summed E-state index contributed by atoms with van der Waals surface area (Å²) in [4.78, 5) is 17.3. The second-order valence-electron chi connectivity index (χ2n) is 7.87. The van der Waals surface area contributed by atoms with Gasteiger partial charge in [-0.15, -0.1) is 0 Å². The van der Waals surface area contributed by atoms with Gasteiger partial charge in [-0.3, -0.25) is 4.79 Å². The number of hydrogen-bond acceptors (Lipinski definition) is 5. The standard InChI is InChI=1S/C20H27N3O3/c24-19-18-4-3-16(22-8-5-20(6-9-22)25-10-11-26-20)12-15(18)14-23(19)17-2-1-7-21-13-17/h3-4,12,17,21H,1-2,5-11,13-14H2. The maximum atomic E-state index is 12.8. The SMILES string of the molecule is O=C1c2ccc(N3CCC4(CC3)OCCO4)cc2CN1C1CCCNC1. The van der Waals surface area contributed by atoms with E-state index in [9.17, 15) is 4.79 Å². The number of piperidine rings is 2. The Morgan fingerprint density at radius 1 is 1.15 bits per heavy atom. The van der Waals surface area contributed by atoms with Crippen molar-refractivity contribution >= 4 is 11.6 Å². The van der Waals surface area contributed by atoms with Crippen LogP contribution in [0.1, 0.15) is 41.6 Å². The maximum absolute atomic E-state index is 12.8. The zero-order valence-electron chi connectivity index (χ0n) is 15.2. The summed E-state index contributed by atoms with van der Waals surface area (Å²) < 4.78 is 11.7. The van der Waals surface area contributed by atoms with E-state index in [1.54, 1.807) is 0 Å². The van der Waals surface area contributed by atoms with Gasteiger partial charge in [-0.2, -0.15) is 0 Å². The number of carbonyl (C=O) groups excluding carboxylic acids is 1. The highest BCUT2D eigenvalue weighted by Crippen LogP contribution is 2.35. The average Bonchev–Trinajstić information content (AvgIpc) is 3.28. The highest BCUT2D eigenvalue weighted by molar-refractivity contribution is 5.99. The number of rotatable bonds is 2. The Hall–Kier alpha value is -1.63. The van der Waals surface area contributed by atoms with Crippen LogP contribution < -0.4 is 10.2 Å². The van der Waals surface area contributed by atoms with Crippen molar-refractivity contribution in [1.82, 2.24) is 10.2 Å². The summed E-state index contributed by atoms with van der Waals surface area (Å²) in [5.74, 6) is -0.140. The molecule has 1 unspecified atom stereocenters. The van der Waals surface area contributed by atoms with Gasteiger partial charge in [0.2, 0.25) is 0 Å². The minimum Gasteiger partial charge on any atom is -0.371 e. The predicted octanol–water partition coefficient (Wildman–Crippen LogP) is 1.74. The molecule has 0 bridgehead atoms. The summed E-state index contributed by atoms with van der Waals surface area (Å²) in [7, 11) is 0. The number of benzene rings is 1. The van der Waals surface area contributed by atoms with E-state index in [1.165, 1.54) is 11.3 Å². The Bertz CT molecular complexity index is 686. The number of ether oxygens (including phenoxy) is 2. The highest BCUT2D eigenvalue weighted by atomic mass is 16.7. The Labute approximate surface area is 154 Å². The van der Waals surface area contributed by atoms with Gasteiger partial charge in [0.15, 0.2) is 5.79 Å². The minimum absolute atomic E-state index is 0.200. The van der Waals surface area contributed by atoms with Gasteiger partial charge >= 0.3 is 0 Å². The molecule has 1 aromatic rings. The third-order valence-corrected chi connectivity index (χ3v) is 6.34. The first kappa shape index (κ1) is 16.5. The zero-order chi connectivity index (χ0) is 17.6. The highest BCUT2D eigenvalue weighted by Gasteiger charge is 2.40. The molecule has 3 fully saturated rings. The fourth-order valence-electron chi connectivity index (χ4n) is 4.81. The number of amides is 1. The molecule has 1 spiro atoms. The Balaban J connectivity index is 1.30. The van der Waals surface area contributed by atoms with Crippen LogP contribution in [0, 0.1) is 0 Å². The minimum atomic E-state index is -0.339. The molecule has 4 heterocycles. The molecule has 1 aromatic carbocycles. The molecule has 6 nitrogen and oxygen atoms in total. The van der Waals surface area contributed by atoms with Gasteiger partial charge in [0.1, 0.15) is 0 Å². The summed E-state index contributed by atoms with van der Waals surface area (Å²) in [6.07, 6.45) is 4.06. The van der Waals surface area contributed by atoms with E-state index < -0.39 is 0 Å². The first-order chi connectivity index (χ1) is 12.7. The number of hydrogen-bond donors (Lipinski definition) is 1. The zero-order valence-corrected chi connectivity index (χ0v) is 15.2. The average molecular weight is 357 g/mol. The summed E-state index contributed by atoms with van der Waals surface area (Å²) in [6, 6.07) is 6.68. The van der Waals surface area contributed by atoms with Gasteiger partial charge in [0.25, 0.3) is 5.91 Å².